The SMILES string of the molecule is Cc1nn(CC2CCOCC2)c(C)c1Br. The third-order valence-corrected chi connectivity index (χ3v) is 4.21. The summed E-state index contributed by atoms with van der Waals surface area (Å²) >= 11 is 3.56. The highest BCUT2D eigenvalue weighted by Crippen LogP contribution is 2.23. The summed E-state index contributed by atoms with van der Waals surface area (Å²) < 4.78 is 8.63. The molecule has 2 rings (SSSR count). The van der Waals surface area contributed by atoms with Crippen molar-refractivity contribution in [2.45, 2.75) is 33.2 Å². The van der Waals surface area contributed by atoms with Gasteiger partial charge in [0.2, 0.25) is 0 Å². The van der Waals surface area contributed by atoms with Crippen molar-refractivity contribution in [1.29, 1.82) is 0 Å². The second-order valence-corrected chi connectivity index (χ2v) is 5.02. The number of halogens is 1. The minimum Gasteiger partial charge on any atom is -0.381 e. The van der Waals surface area contributed by atoms with Gasteiger partial charge in [0, 0.05) is 25.5 Å². The summed E-state index contributed by atoms with van der Waals surface area (Å²) in [6, 6.07) is 0. The first-order valence-electron chi connectivity index (χ1n) is 5.45. The Morgan fingerprint density at radius 2 is 2.07 bits per heavy atom. The number of hydrogen-bond acceptors (Lipinski definition) is 2. The van der Waals surface area contributed by atoms with Crippen LogP contribution in [0.25, 0.3) is 0 Å². The van der Waals surface area contributed by atoms with Gasteiger partial charge in [0.25, 0.3) is 0 Å². The molecular formula is C11H17BrN2O. The van der Waals surface area contributed by atoms with E-state index in [1.54, 1.807) is 0 Å². The van der Waals surface area contributed by atoms with Crippen molar-refractivity contribution in [2.75, 3.05) is 13.2 Å². The average molecular weight is 273 g/mol. The molecule has 15 heavy (non-hydrogen) atoms. The van der Waals surface area contributed by atoms with Gasteiger partial charge in [-0.05, 0) is 48.5 Å². The molecule has 1 aliphatic heterocycles. The van der Waals surface area contributed by atoms with Gasteiger partial charge in [0.1, 0.15) is 0 Å². The van der Waals surface area contributed by atoms with Crippen LogP contribution in [0.15, 0.2) is 4.47 Å². The molecule has 2 heterocycles. The van der Waals surface area contributed by atoms with E-state index >= 15 is 0 Å². The summed E-state index contributed by atoms with van der Waals surface area (Å²) in [5.74, 6) is 0.726. The van der Waals surface area contributed by atoms with Crippen LogP contribution in [0.1, 0.15) is 24.2 Å². The van der Waals surface area contributed by atoms with E-state index in [1.807, 2.05) is 6.92 Å². The molecule has 0 unspecified atom stereocenters. The van der Waals surface area contributed by atoms with Crippen LogP contribution in [-0.4, -0.2) is 23.0 Å². The Hall–Kier alpha value is -0.350. The Labute approximate surface area is 98.9 Å². The second kappa shape index (κ2) is 4.66. The molecule has 0 radical (unpaired) electrons. The molecule has 0 aliphatic carbocycles. The van der Waals surface area contributed by atoms with Gasteiger partial charge in [0.05, 0.1) is 10.2 Å². The van der Waals surface area contributed by atoms with Crippen molar-refractivity contribution in [1.82, 2.24) is 9.78 Å². The number of ether oxygens (including phenoxy) is 1. The normalized spacial score (nSPS) is 18.3. The lowest BCUT2D eigenvalue weighted by Crippen LogP contribution is -2.21. The fourth-order valence-corrected chi connectivity index (χ4v) is 2.31. The molecule has 1 aliphatic rings. The smallest absolute Gasteiger partial charge is 0.0738 e. The van der Waals surface area contributed by atoms with Crippen LogP contribution >= 0.6 is 15.9 Å². The fourth-order valence-electron chi connectivity index (χ4n) is 2.03. The molecule has 1 aromatic heterocycles. The zero-order valence-corrected chi connectivity index (χ0v) is 10.9. The van der Waals surface area contributed by atoms with E-state index in [2.05, 4.69) is 32.6 Å². The van der Waals surface area contributed by atoms with Gasteiger partial charge in [-0.2, -0.15) is 5.10 Å². The van der Waals surface area contributed by atoms with Gasteiger partial charge >= 0.3 is 0 Å². The fraction of sp³-hybridized carbons (Fsp3) is 0.727. The number of hydrogen-bond donors (Lipinski definition) is 0. The van der Waals surface area contributed by atoms with Crippen LogP contribution in [-0.2, 0) is 11.3 Å². The third-order valence-electron chi connectivity index (χ3n) is 3.07. The molecule has 0 aromatic carbocycles. The first kappa shape index (κ1) is 11.1. The van der Waals surface area contributed by atoms with Gasteiger partial charge in [-0.1, -0.05) is 0 Å². The molecule has 1 saturated heterocycles. The summed E-state index contributed by atoms with van der Waals surface area (Å²) in [5, 5.41) is 4.53. The van der Waals surface area contributed by atoms with E-state index in [1.165, 1.54) is 5.69 Å². The molecule has 1 aromatic rings. The van der Waals surface area contributed by atoms with Gasteiger partial charge in [0.15, 0.2) is 0 Å². The standard InChI is InChI=1S/C11H17BrN2O/c1-8-11(12)9(2)14(13-8)7-10-3-5-15-6-4-10/h10H,3-7H2,1-2H3. The van der Waals surface area contributed by atoms with E-state index in [-0.39, 0.29) is 0 Å². The maximum Gasteiger partial charge on any atom is 0.0738 e. The largest absolute Gasteiger partial charge is 0.381 e. The van der Waals surface area contributed by atoms with E-state index in [0.29, 0.717) is 0 Å². The summed E-state index contributed by atoms with van der Waals surface area (Å²) in [4.78, 5) is 0. The maximum absolute atomic E-state index is 5.36. The highest BCUT2D eigenvalue weighted by molar-refractivity contribution is 9.10. The number of aromatic nitrogens is 2. The maximum atomic E-state index is 5.36. The molecule has 0 amide bonds. The predicted octanol–water partition coefficient (Wildman–Crippen LogP) is 2.69. The molecular weight excluding hydrogens is 256 g/mol. The van der Waals surface area contributed by atoms with Crippen LogP contribution in [0.5, 0.6) is 0 Å². The molecule has 1 fully saturated rings. The van der Waals surface area contributed by atoms with E-state index in [4.69, 9.17) is 4.74 Å². The Morgan fingerprint density at radius 1 is 1.40 bits per heavy atom. The van der Waals surface area contributed by atoms with E-state index < -0.39 is 0 Å². The molecule has 0 bridgehead atoms. The summed E-state index contributed by atoms with van der Waals surface area (Å²) in [6.07, 6.45) is 2.33. The third kappa shape index (κ3) is 2.42. The predicted molar refractivity (Wildman–Crippen MR) is 62.9 cm³/mol. The molecule has 84 valence electrons. The molecule has 0 spiro atoms. The summed E-state index contributed by atoms with van der Waals surface area (Å²) in [6.45, 7) is 7.00. The molecule has 3 nitrogen and oxygen atoms in total. The van der Waals surface area contributed by atoms with Crippen molar-refractivity contribution in [3.63, 3.8) is 0 Å². The number of rotatable bonds is 2. The molecule has 0 N–H and O–H groups in total. The minimum atomic E-state index is 0.726. The van der Waals surface area contributed by atoms with E-state index in [0.717, 1.165) is 48.7 Å². The van der Waals surface area contributed by atoms with Gasteiger partial charge in [-0.25, -0.2) is 0 Å². The van der Waals surface area contributed by atoms with Crippen molar-refractivity contribution in [3.8, 4) is 0 Å². The number of aryl methyl sites for hydroxylation is 1. The van der Waals surface area contributed by atoms with Crippen molar-refractivity contribution in [3.05, 3.63) is 15.9 Å². The molecule has 4 heteroatoms. The Bertz CT molecular complexity index is 343. The lowest BCUT2D eigenvalue weighted by molar-refractivity contribution is 0.0599. The van der Waals surface area contributed by atoms with Crippen molar-refractivity contribution >= 4 is 15.9 Å². The highest BCUT2D eigenvalue weighted by atomic mass is 79.9. The van der Waals surface area contributed by atoms with Crippen LogP contribution in [0.3, 0.4) is 0 Å². The Morgan fingerprint density at radius 3 is 2.60 bits per heavy atom. The summed E-state index contributed by atoms with van der Waals surface area (Å²) in [5.41, 5.74) is 2.32. The molecule has 0 saturated carbocycles. The van der Waals surface area contributed by atoms with Gasteiger partial charge < -0.3 is 4.74 Å². The Kier molecular flexibility index (Phi) is 3.46. The topological polar surface area (TPSA) is 27.1 Å². The number of nitrogens with zero attached hydrogens (tertiary/aromatic N) is 2. The average Bonchev–Trinajstić information content (AvgIpc) is 2.48. The quantitative estimate of drug-likeness (QED) is 0.828. The monoisotopic (exact) mass is 272 g/mol. The zero-order chi connectivity index (χ0) is 10.8. The van der Waals surface area contributed by atoms with Gasteiger partial charge in [-0.15, -0.1) is 0 Å². The Balaban J connectivity index is 2.06. The zero-order valence-electron chi connectivity index (χ0n) is 9.29. The first-order valence-corrected chi connectivity index (χ1v) is 6.25. The van der Waals surface area contributed by atoms with Crippen LogP contribution in [0.4, 0.5) is 0 Å². The van der Waals surface area contributed by atoms with Crippen molar-refractivity contribution < 1.29 is 4.74 Å². The van der Waals surface area contributed by atoms with Crippen molar-refractivity contribution in [2.24, 2.45) is 5.92 Å². The lowest BCUT2D eigenvalue weighted by Gasteiger charge is -2.22. The summed E-state index contributed by atoms with van der Waals surface area (Å²) in [7, 11) is 0. The highest BCUT2D eigenvalue weighted by Gasteiger charge is 2.17. The van der Waals surface area contributed by atoms with Crippen LogP contribution in [0, 0.1) is 19.8 Å². The van der Waals surface area contributed by atoms with E-state index in [9.17, 15) is 0 Å². The first-order chi connectivity index (χ1) is 7.18. The minimum absolute atomic E-state index is 0.726. The van der Waals surface area contributed by atoms with Crippen LogP contribution in [0.2, 0.25) is 0 Å². The lowest BCUT2D eigenvalue weighted by atomic mass is 10.0. The second-order valence-electron chi connectivity index (χ2n) is 4.22. The molecule has 0 atom stereocenters. The van der Waals surface area contributed by atoms with Gasteiger partial charge in [-0.3, -0.25) is 4.68 Å². The van der Waals surface area contributed by atoms with Crippen LogP contribution < -0.4 is 0 Å².